The molecule has 1 aliphatic heterocycles. The summed E-state index contributed by atoms with van der Waals surface area (Å²) in [6.07, 6.45) is 7.53. The van der Waals surface area contributed by atoms with Gasteiger partial charge in [-0.2, -0.15) is 0 Å². The van der Waals surface area contributed by atoms with Gasteiger partial charge in [0.15, 0.2) is 0 Å². The molecule has 0 radical (unpaired) electrons. The Labute approximate surface area is 161 Å². The molecular weight excluding hydrogens is 336 g/mol. The van der Waals surface area contributed by atoms with Gasteiger partial charge in [-0.05, 0) is 43.2 Å². The van der Waals surface area contributed by atoms with E-state index in [-0.39, 0.29) is 17.9 Å². The largest absolute Gasteiger partial charge is 0.303 e. The van der Waals surface area contributed by atoms with Crippen LogP contribution in [0.1, 0.15) is 31.7 Å². The summed E-state index contributed by atoms with van der Waals surface area (Å²) in [6.45, 7) is 5.36. The Morgan fingerprint density at radius 2 is 1.85 bits per heavy atom. The highest BCUT2D eigenvalue weighted by molar-refractivity contribution is 5.95. The first kappa shape index (κ1) is 18.1. The summed E-state index contributed by atoms with van der Waals surface area (Å²) < 4.78 is 0. The van der Waals surface area contributed by atoms with Crippen molar-refractivity contribution < 1.29 is 4.79 Å². The molecule has 27 heavy (non-hydrogen) atoms. The second-order valence-corrected chi connectivity index (χ2v) is 7.90. The van der Waals surface area contributed by atoms with Gasteiger partial charge in [0, 0.05) is 44.0 Å². The van der Waals surface area contributed by atoms with Gasteiger partial charge in [-0.25, -0.2) is 9.97 Å². The molecule has 2 atom stereocenters. The molecule has 0 bridgehead atoms. The van der Waals surface area contributed by atoms with Crippen molar-refractivity contribution in [2.45, 2.75) is 38.6 Å². The lowest BCUT2D eigenvalue weighted by Gasteiger charge is -2.42. The molecule has 2 heterocycles. The molecule has 1 saturated carbocycles. The van der Waals surface area contributed by atoms with Crippen LogP contribution >= 0.6 is 0 Å². The van der Waals surface area contributed by atoms with Crippen molar-refractivity contribution in [1.82, 2.24) is 14.9 Å². The lowest BCUT2D eigenvalue weighted by atomic mass is 9.91. The van der Waals surface area contributed by atoms with Crippen molar-refractivity contribution in [1.29, 1.82) is 0 Å². The highest BCUT2D eigenvalue weighted by Gasteiger charge is 2.41. The Morgan fingerprint density at radius 3 is 2.52 bits per heavy atom. The molecule has 2 fully saturated rings. The molecule has 1 aromatic carbocycles. The molecule has 1 aromatic heterocycles. The number of carbonyl (C=O) groups excluding carboxylic acids is 1. The zero-order valence-electron chi connectivity index (χ0n) is 16.0. The topological polar surface area (TPSA) is 49.3 Å². The molecule has 0 unspecified atom stereocenters. The van der Waals surface area contributed by atoms with Crippen LogP contribution in [-0.2, 0) is 11.2 Å². The quantitative estimate of drug-likeness (QED) is 0.790. The molecule has 0 spiro atoms. The molecule has 4 rings (SSSR count). The summed E-state index contributed by atoms with van der Waals surface area (Å²) in [5.41, 5.74) is 1.38. The number of amides is 1. The van der Waals surface area contributed by atoms with Gasteiger partial charge >= 0.3 is 0 Å². The third-order valence-corrected chi connectivity index (χ3v) is 5.77. The van der Waals surface area contributed by atoms with Crippen LogP contribution in [0.15, 0.2) is 48.8 Å². The van der Waals surface area contributed by atoms with Gasteiger partial charge in [0.05, 0.1) is 0 Å². The van der Waals surface area contributed by atoms with Crippen LogP contribution in [-0.4, -0.2) is 46.5 Å². The Morgan fingerprint density at radius 1 is 1.11 bits per heavy atom. The van der Waals surface area contributed by atoms with Crippen molar-refractivity contribution in [3.05, 3.63) is 54.4 Å². The maximum absolute atomic E-state index is 13.0. The maximum atomic E-state index is 13.0. The molecule has 0 N–H and O–H groups in total. The van der Waals surface area contributed by atoms with Gasteiger partial charge in [0.25, 0.3) is 0 Å². The van der Waals surface area contributed by atoms with Gasteiger partial charge < -0.3 is 4.90 Å². The van der Waals surface area contributed by atoms with Crippen LogP contribution < -0.4 is 4.90 Å². The first-order valence-corrected chi connectivity index (χ1v) is 10.1. The second kappa shape index (κ2) is 8.17. The number of hydrogen-bond acceptors (Lipinski definition) is 4. The van der Waals surface area contributed by atoms with E-state index in [1.807, 2.05) is 4.90 Å². The summed E-state index contributed by atoms with van der Waals surface area (Å²) in [6, 6.07) is 12.6. The normalized spacial score (nSPS) is 23.1. The first-order valence-electron chi connectivity index (χ1n) is 10.1. The number of rotatable bonds is 6. The van der Waals surface area contributed by atoms with Crippen LogP contribution in [0, 0.1) is 11.8 Å². The minimum absolute atomic E-state index is 0.178. The molecule has 1 amide bonds. The Bertz CT molecular complexity index is 747. The molecule has 1 saturated heterocycles. The lowest BCUT2D eigenvalue weighted by Crippen LogP contribution is -2.53. The maximum Gasteiger partial charge on any atom is 0.232 e. The van der Waals surface area contributed by atoms with Crippen molar-refractivity contribution in [3.63, 3.8) is 0 Å². The second-order valence-electron chi connectivity index (χ2n) is 7.90. The highest BCUT2D eigenvalue weighted by Crippen LogP contribution is 2.35. The van der Waals surface area contributed by atoms with E-state index >= 15 is 0 Å². The molecule has 1 aliphatic carbocycles. The van der Waals surface area contributed by atoms with Gasteiger partial charge in [0.2, 0.25) is 11.9 Å². The van der Waals surface area contributed by atoms with Crippen LogP contribution in [0.3, 0.4) is 0 Å². The molecule has 2 aromatic rings. The first-order chi connectivity index (χ1) is 13.2. The Balaban J connectivity index is 1.41. The zero-order valence-corrected chi connectivity index (χ0v) is 16.0. The predicted octanol–water partition coefficient (Wildman–Crippen LogP) is 3.17. The van der Waals surface area contributed by atoms with E-state index in [1.54, 1.807) is 18.5 Å². The fourth-order valence-corrected chi connectivity index (χ4v) is 4.09. The minimum atomic E-state index is 0.178. The Hall–Kier alpha value is -2.27. The van der Waals surface area contributed by atoms with E-state index in [4.69, 9.17) is 0 Å². The summed E-state index contributed by atoms with van der Waals surface area (Å²) in [5.74, 6) is 1.37. The summed E-state index contributed by atoms with van der Waals surface area (Å²) in [4.78, 5) is 26.2. The number of anilines is 1. The molecular formula is C22H28N4O. The standard InChI is InChI=1S/C22H28N4O/c1-17-16-25(14-10-18-6-3-2-4-7-18)15-11-20(17)26(21(27)19-8-9-19)22-23-12-5-13-24-22/h2-7,12-13,17,19-20H,8-11,14-16H2,1H3/t17-,20+/m1/s1. The van der Waals surface area contributed by atoms with E-state index < -0.39 is 0 Å². The van der Waals surface area contributed by atoms with E-state index in [9.17, 15) is 4.79 Å². The van der Waals surface area contributed by atoms with E-state index in [0.29, 0.717) is 11.9 Å². The summed E-state index contributed by atoms with van der Waals surface area (Å²) in [5, 5.41) is 0. The predicted molar refractivity (Wildman–Crippen MR) is 106 cm³/mol. The van der Waals surface area contributed by atoms with Crippen LogP contribution in [0.4, 0.5) is 5.95 Å². The number of likely N-dealkylation sites (tertiary alicyclic amines) is 1. The highest BCUT2D eigenvalue weighted by atomic mass is 16.2. The van der Waals surface area contributed by atoms with Gasteiger partial charge in [-0.1, -0.05) is 37.3 Å². The number of carbonyl (C=O) groups is 1. The lowest BCUT2D eigenvalue weighted by molar-refractivity contribution is -0.120. The monoisotopic (exact) mass is 364 g/mol. The average Bonchev–Trinajstić information content (AvgIpc) is 3.55. The molecule has 5 nitrogen and oxygen atoms in total. The SMILES string of the molecule is C[C@@H]1CN(CCc2ccccc2)CC[C@@H]1N(C(=O)C1CC1)c1ncccn1. The van der Waals surface area contributed by atoms with Crippen LogP contribution in [0.5, 0.6) is 0 Å². The third kappa shape index (κ3) is 4.35. The van der Waals surface area contributed by atoms with Gasteiger partial charge in [0.1, 0.15) is 0 Å². The van der Waals surface area contributed by atoms with Crippen LogP contribution in [0.2, 0.25) is 0 Å². The van der Waals surface area contributed by atoms with E-state index in [0.717, 1.165) is 45.3 Å². The zero-order chi connectivity index (χ0) is 18.6. The van der Waals surface area contributed by atoms with Crippen molar-refractivity contribution in [2.24, 2.45) is 11.8 Å². The Kier molecular flexibility index (Phi) is 5.48. The summed E-state index contributed by atoms with van der Waals surface area (Å²) in [7, 11) is 0. The van der Waals surface area contributed by atoms with Gasteiger partial charge in [-0.15, -0.1) is 0 Å². The number of piperidine rings is 1. The fraction of sp³-hybridized carbons (Fsp3) is 0.500. The van der Waals surface area contributed by atoms with Gasteiger partial charge in [-0.3, -0.25) is 9.69 Å². The van der Waals surface area contributed by atoms with Crippen molar-refractivity contribution in [3.8, 4) is 0 Å². The number of nitrogens with zero attached hydrogens (tertiary/aromatic N) is 4. The third-order valence-electron chi connectivity index (χ3n) is 5.77. The van der Waals surface area contributed by atoms with Crippen molar-refractivity contribution >= 4 is 11.9 Å². The number of benzene rings is 1. The molecule has 2 aliphatic rings. The summed E-state index contributed by atoms with van der Waals surface area (Å²) >= 11 is 0. The average molecular weight is 364 g/mol. The smallest absolute Gasteiger partial charge is 0.232 e. The fourth-order valence-electron chi connectivity index (χ4n) is 4.09. The molecule has 5 heteroatoms. The van der Waals surface area contributed by atoms with E-state index in [2.05, 4.69) is 52.1 Å². The van der Waals surface area contributed by atoms with Crippen LogP contribution in [0.25, 0.3) is 0 Å². The van der Waals surface area contributed by atoms with E-state index in [1.165, 1.54) is 5.56 Å². The molecule has 142 valence electrons. The number of hydrogen-bond donors (Lipinski definition) is 0. The number of aromatic nitrogens is 2. The minimum Gasteiger partial charge on any atom is -0.303 e. The van der Waals surface area contributed by atoms with Crippen molar-refractivity contribution in [2.75, 3.05) is 24.5 Å².